The van der Waals surface area contributed by atoms with Gasteiger partial charge in [0.1, 0.15) is 0 Å². The van der Waals surface area contributed by atoms with E-state index in [-0.39, 0.29) is 5.91 Å². The summed E-state index contributed by atoms with van der Waals surface area (Å²) in [6.45, 7) is 6.48. The monoisotopic (exact) mass is 199 g/mol. The number of amides is 1. The van der Waals surface area contributed by atoms with Crippen LogP contribution in [0.3, 0.4) is 0 Å². The summed E-state index contributed by atoms with van der Waals surface area (Å²) in [5, 5.41) is 3.36. The zero-order chi connectivity index (χ0) is 10.7. The Morgan fingerprint density at radius 3 is 2.71 bits per heavy atom. The van der Waals surface area contributed by atoms with Crippen molar-refractivity contribution in [2.75, 3.05) is 33.7 Å². The molecule has 4 heteroatoms. The lowest BCUT2D eigenvalue weighted by molar-refractivity contribution is -0.135. The van der Waals surface area contributed by atoms with Gasteiger partial charge in [-0.15, -0.1) is 0 Å². The minimum Gasteiger partial charge on any atom is -0.336 e. The van der Waals surface area contributed by atoms with E-state index in [1.54, 1.807) is 0 Å². The molecule has 0 aliphatic carbocycles. The SMILES string of the molecule is CC1NCCN(C(=O)CN(C)C)C1C. The molecule has 1 N–H and O–H groups in total. The number of carbonyl (C=O) groups excluding carboxylic acids is 1. The number of nitrogens with zero attached hydrogens (tertiary/aromatic N) is 2. The largest absolute Gasteiger partial charge is 0.336 e. The summed E-state index contributed by atoms with van der Waals surface area (Å²) in [7, 11) is 3.85. The van der Waals surface area contributed by atoms with Crippen LogP contribution in [0.2, 0.25) is 0 Å². The van der Waals surface area contributed by atoms with Gasteiger partial charge in [0.15, 0.2) is 0 Å². The van der Waals surface area contributed by atoms with Gasteiger partial charge in [-0.2, -0.15) is 0 Å². The molecule has 0 aromatic rings. The molecule has 0 aromatic heterocycles. The second kappa shape index (κ2) is 4.75. The van der Waals surface area contributed by atoms with E-state index in [4.69, 9.17) is 0 Å². The van der Waals surface area contributed by atoms with Gasteiger partial charge in [-0.3, -0.25) is 4.79 Å². The average molecular weight is 199 g/mol. The Morgan fingerprint density at radius 2 is 2.14 bits per heavy atom. The lowest BCUT2D eigenvalue weighted by Gasteiger charge is -2.39. The molecule has 2 atom stereocenters. The molecule has 0 aromatic carbocycles. The predicted molar refractivity (Wildman–Crippen MR) is 57.2 cm³/mol. The van der Waals surface area contributed by atoms with Crippen molar-refractivity contribution in [1.82, 2.24) is 15.1 Å². The second-order valence-electron chi connectivity index (χ2n) is 4.31. The van der Waals surface area contributed by atoms with E-state index < -0.39 is 0 Å². The Balaban J connectivity index is 2.53. The van der Waals surface area contributed by atoms with Crippen LogP contribution in [0, 0.1) is 0 Å². The van der Waals surface area contributed by atoms with Crippen LogP contribution in [0.4, 0.5) is 0 Å². The highest BCUT2D eigenvalue weighted by atomic mass is 16.2. The molecule has 1 aliphatic heterocycles. The van der Waals surface area contributed by atoms with E-state index in [2.05, 4.69) is 19.2 Å². The minimum absolute atomic E-state index is 0.232. The van der Waals surface area contributed by atoms with Crippen LogP contribution in [-0.4, -0.2) is 61.5 Å². The zero-order valence-corrected chi connectivity index (χ0v) is 9.58. The van der Waals surface area contributed by atoms with E-state index in [1.807, 2.05) is 23.9 Å². The fraction of sp³-hybridized carbons (Fsp3) is 0.900. The minimum atomic E-state index is 0.232. The van der Waals surface area contributed by atoms with Crippen molar-refractivity contribution in [2.24, 2.45) is 0 Å². The van der Waals surface area contributed by atoms with E-state index in [1.165, 1.54) is 0 Å². The number of piperazine rings is 1. The number of hydrogen-bond donors (Lipinski definition) is 1. The highest BCUT2D eigenvalue weighted by molar-refractivity contribution is 5.78. The first-order valence-electron chi connectivity index (χ1n) is 5.20. The van der Waals surface area contributed by atoms with Crippen molar-refractivity contribution in [3.63, 3.8) is 0 Å². The fourth-order valence-corrected chi connectivity index (χ4v) is 1.77. The molecule has 2 unspecified atom stereocenters. The maximum Gasteiger partial charge on any atom is 0.237 e. The first-order valence-corrected chi connectivity index (χ1v) is 5.20. The van der Waals surface area contributed by atoms with Gasteiger partial charge in [-0.05, 0) is 27.9 Å². The maximum atomic E-state index is 11.8. The third kappa shape index (κ3) is 2.69. The Hall–Kier alpha value is -0.610. The fourth-order valence-electron chi connectivity index (χ4n) is 1.77. The maximum absolute atomic E-state index is 11.8. The number of likely N-dealkylation sites (N-methyl/N-ethyl adjacent to an activating group) is 1. The second-order valence-corrected chi connectivity index (χ2v) is 4.31. The summed E-state index contributed by atoms with van der Waals surface area (Å²) < 4.78 is 0. The van der Waals surface area contributed by atoms with Crippen molar-refractivity contribution < 1.29 is 4.79 Å². The standard InChI is InChI=1S/C10H21N3O/c1-8-9(2)13(6-5-11-8)10(14)7-12(3)4/h8-9,11H,5-7H2,1-4H3. The Bertz CT molecular complexity index is 206. The molecule has 1 fully saturated rings. The quantitative estimate of drug-likeness (QED) is 0.666. The number of carbonyl (C=O) groups is 1. The van der Waals surface area contributed by atoms with E-state index >= 15 is 0 Å². The average Bonchev–Trinajstić information content (AvgIpc) is 2.08. The smallest absolute Gasteiger partial charge is 0.237 e. The van der Waals surface area contributed by atoms with E-state index in [0.717, 1.165) is 13.1 Å². The number of rotatable bonds is 2. The highest BCUT2D eigenvalue weighted by Gasteiger charge is 2.27. The molecule has 82 valence electrons. The molecule has 0 bridgehead atoms. The summed E-state index contributed by atoms with van der Waals surface area (Å²) in [4.78, 5) is 15.7. The Labute approximate surface area is 86.2 Å². The van der Waals surface area contributed by atoms with Crippen LogP contribution in [0.25, 0.3) is 0 Å². The molecule has 1 aliphatic rings. The summed E-state index contributed by atoms with van der Waals surface area (Å²) in [5.41, 5.74) is 0. The van der Waals surface area contributed by atoms with Crippen LogP contribution in [0.1, 0.15) is 13.8 Å². The normalized spacial score (nSPS) is 28.2. The molecule has 1 saturated heterocycles. The van der Waals surface area contributed by atoms with Gasteiger partial charge in [0.25, 0.3) is 0 Å². The first kappa shape index (κ1) is 11.5. The Kier molecular flexibility index (Phi) is 3.89. The molecule has 1 rings (SSSR count). The molecular formula is C10H21N3O. The molecule has 1 heterocycles. The van der Waals surface area contributed by atoms with E-state index in [0.29, 0.717) is 18.6 Å². The lowest BCUT2D eigenvalue weighted by Crippen LogP contribution is -2.58. The van der Waals surface area contributed by atoms with Crippen LogP contribution in [-0.2, 0) is 4.79 Å². The third-order valence-electron chi connectivity index (χ3n) is 2.81. The van der Waals surface area contributed by atoms with Gasteiger partial charge in [-0.1, -0.05) is 0 Å². The summed E-state index contributed by atoms with van der Waals surface area (Å²) >= 11 is 0. The predicted octanol–water partition coefficient (Wildman–Crippen LogP) is -0.243. The molecule has 14 heavy (non-hydrogen) atoms. The van der Waals surface area contributed by atoms with Crippen molar-refractivity contribution in [2.45, 2.75) is 25.9 Å². The van der Waals surface area contributed by atoms with Gasteiger partial charge >= 0.3 is 0 Å². The molecule has 4 nitrogen and oxygen atoms in total. The first-order chi connectivity index (χ1) is 6.52. The zero-order valence-electron chi connectivity index (χ0n) is 9.58. The van der Waals surface area contributed by atoms with Crippen molar-refractivity contribution in [3.05, 3.63) is 0 Å². The lowest BCUT2D eigenvalue weighted by atomic mass is 10.1. The molecule has 1 amide bonds. The Morgan fingerprint density at radius 1 is 1.50 bits per heavy atom. The molecule has 0 saturated carbocycles. The van der Waals surface area contributed by atoms with Crippen LogP contribution >= 0.6 is 0 Å². The number of nitrogens with one attached hydrogen (secondary N) is 1. The van der Waals surface area contributed by atoms with Crippen molar-refractivity contribution >= 4 is 5.91 Å². The van der Waals surface area contributed by atoms with Crippen LogP contribution in [0.15, 0.2) is 0 Å². The van der Waals surface area contributed by atoms with Crippen molar-refractivity contribution in [1.29, 1.82) is 0 Å². The van der Waals surface area contributed by atoms with Crippen molar-refractivity contribution in [3.8, 4) is 0 Å². The molecule has 0 radical (unpaired) electrons. The van der Waals surface area contributed by atoms with Gasteiger partial charge in [0.05, 0.1) is 6.54 Å². The third-order valence-corrected chi connectivity index (χ3v) is 2.81. The van der Waals surface area contributed by atoms with Crippen LogP contribution in [0.5, 0.6) is 0 Å². The summed E-state index contributed by atoms with van der Waals surface area (Å²) in [5.74, 6) is 0.232. The van der Waals surface area contributed by atoms with E-state index in [9.17, 15) is 4.79 Å². The summed E-state index contributed by atoms with van der Waals surface area (Å²) in [6, 6.07) is 0.700. The van der Waals surface area contributed by atoms with Gasteiger partial charge < -0.3 is 15.1 Å². The van der Waals surface area contributed by atoms with Gasteiger partial charge in [0, 0.05) is 25.2 Å². The molecular weight excluding hydrogens is 178 g/mol. The molecule has 0 spiro atoms. The number of hydrogen-bond acceptors (Lipinski definition) is 3. The summed E-state index contributed by atoms with van der Waals surface area (Å²) in [6.07, 6.45) is 0. The van der Waals surface area contributed by atoms with Crippen LogP contribution < -0.4 is 5.32 Å². The topological polar surface area (TPSA) is 35.6 Å². The van der Waals surface area contributed by atoms with Gasteiger partial charge in [0.2, 0.25) is 5.91 Å². The highest BCUT2D eigenvalue weighted by Crippen LogP contribution is 2.08. The van der Waals surface area contributed by atoms with Gasteiger partial charge in [-0.25, -0.2) is 0 Å².